The number of nitrogens with zero attached hydrogens (tertiary/aromatic N) is 1. The summed E-state index contributed by atoms with van der Waals surface area (Å²) in [5, 5.41) is 10.7. The van der Waals surface area contributed by atoms with Gasteiger partial charge in [0.25, 0.3) is 5.69 Å². The molecule has 1 heterocycles. The minimum Gasteiger partial charge on any atom is -0.457 e. The molecule has 1 aromatic carbocycles. The lowest BCUT2D eigenvalue weighted by Crippen LogP contribution is -1.87. The number of ketones is 1. The molecule has 0 aliphatic heterocycles. The van der Waals surface area contributed by atoms with Gasteiger partial charge in [0.2, 0.25) is 0 Å². The SMILES string of the molecule is CC(=O)C=Cc1ccc(-c2cccc([N+](=O)[O-])c2)o1. The number of furan rings is 1. The van der Waals surface area contributed by atoms with Crippen LogP contribution in [0.15, 0.2) is 46.9 Å². The molecule has 0 unspecified atom stereocenters. The van der Waals surface area contributed by atoms with Crippen molar-refractivity contribution in [2.75, 3.05) is 0 Å². The summed E-state index contributed by atoms with van der Waals surface area (Å²) in [5.74, 6) is 0.969. The molecular formula is C14H11NO4. The van der Waals surface area contributed by atoms with Crippen molar-refractivity contribution in [1.82, 2.24) is 0 Å². The van der Waals surface area contributed by atoms with E-state index < -0.39 is 4.92 Å². The molecule has 19 heavy (non-hydrogen) atoms. The van der Waals surface area contributed by atoms with E-state index in [1.807, 2.05) is 0 Å². The van der Waals surface area contributed by atoms with Gasteiger partial charge in [0, 0.05) is 17.7 Å². The fraction of sp³-hybridized carbons (Fsp3) is 0.0714. The number of hydrogen-bond acceptors (Lipinski definition) is 4. The number of carbonyl (C=O) groups is 1. The van der Waals surface area contributed by atoms with Crippen molar-refractivity contribution in [1.29, 1.82) is 0 Å². The van der Waals surface area contributed by atoms with Gasteiger partial charge < -0.3 is 4.42 Å². The summed E-state index contributed by atoms with van der Waals surface area (Å²) in [6, 6.07) is 9.60. The normalized spacial score (nSPS) is 10.8. The summed E-state index contributed by atoms with van der Waals surface area (Å²) in [6.07, 6.45) is 2.96. The molecule has 1 aromatic heterocycles. The minimum atomic E-state index is -0.455. The van der Waals surface area contributed by atoms with Crippen molar-refractivity contribution in [2.45, 2.75) is 6.92 Å². The molecule has 2 aromatic rings. The summed E-state index contributed by atoms with van der Waals surface area (Å²) in [7, 11) is 0. The Morgan fingerprint density at radius 2 is 2.11 bits per heavy atom. The predicted molar refractivity (Wildman–Crippen MR) is 70.5 cm³/mol. The van der Waals surface area contributed by atoms with Crippen LogP contribution in [0.4, 0.5) is 5.69 Å². The average Bonchev–Trinajstić information content (AvgIpc) is 2.85. The lowest BCUT2D eigenvalue weighted by atomic mass is 10.1. The standard InChI is InChI=1S/C14H11NO4/c1-10(16)5-6-13-7-8-14(19-13)11-3-2-4-12(9-11)15(17)18/h2-9H,1H3. The molecule has 0 amide bonds. The van der Waals surface area contributed by atoms with Crippen molar-refractivity contribution in [3.8, 4) is 11.3 Å². The first-order valence-corrected chi connectivity index (χ1v) is 5.59. The number of hydrogen-bond donors (Lipinski definition) is 0. The Balaban J connectivity index is 2.30. The highest BCUT2D eigenvalue weighted by atomic mass is 16.6. The van der Waals surface area contributed by atoms with Crippen LogP contribution in [0.3, 0.4) is 0 Å². The van der Waals surface area contributed by atoms with E-state index in [0.29, 0.717) is 17.1 Å². The van der Waals surface area contributed by atoms with Gasteiger partial charge in [0.1, 0.15) is 11.5 Å². The maximum absolute atomic E-state index is 10.8. The summed E-state index contributed by atoms with van der Waals surface area (Å²) in [4.78, 5) is 21.0. The molecule has 0 aliphatic carbocycles. The molecule has 0 saturated carbocycles. The zero-order chi connectivity index (χ0) is 13.8. The van der Waals surface area contributed by atoms with E-state index in [-0.39, 0.29) is 11.5 Å². The van der Waals surface area contributed by atoms with Gasteiger partial charge in [-0.1, -0.05) is 12.1 Å². The number of carbonyl (C=O) groups excluding carboxylic acids is 1. The van der Waals surface area contributed by atoms with Crippen LogP contribution < -0.4 is 0 Å². The van der Waals surface area contributed by atoms with E-state index in [0.717, 1.165) is 0 Å². The number of nitro groups is 1. The molecule has 0 spiro atoms. The number of rotatable bonds is 4. The summed E-state index contributed by atoms with van der Waals surface area (Å²) >= 11 is 0. The minimum absolute atomic E-state index is 0.00901. The summed E-state index contributed by atoms with van der Waals surface area (Å²) < 4.78 is 5.49. The van der Waals surface area contributed by atoms with Crippen LogP contribution in [-0.2, 0) is 4.79 Å². The van der Waals surface area contributed by atoms with Crippen molar-refractivity contribution < 1.29 is 14.1 Å². The monoisotopic (exact) mass is 257 g/mol. The quantitative estimate of drug-likeness (QED) is 0.477. The Labute approximate surface area is 109 Å². The maximum Gasteiger partial charge on any atom is 0.270 e. The third-order valence-electron chi connectivity index (χ3n) is 2.45. The Hall–Kier alpha value is -2.69. The van der Waals surface area contributed by atoms with E-state index in [1.54, 1.807) is 30.3 Å². The van der Waals surface area contributed by atoms with Crippen molar-refractivity contribution in [3.63, 3.8) is 0 Å². The van der Waals surface area contributed by atoms with E-state index >= 15 is 0 Å². The second-order valence-corrected chi connectivity index (χ2v) is 3.95. The first kappa shape index (κ1) is 12.8. The first-order chi connectivity index (χ1) is 9.06. The lowest BCUT2D eigenvalue weighted by Gasteiger charge is -1.96. The van der Waals surface area contributed by atoms with Crippen LogP contribution >= 0.6 is 0 Å². The van der Waals surface area contributed by atoms with Crippen LogP contribution in [0.2, 0.25) is 0 Å². The van der Waals surface area contributed by atoms with Crippen molar-refractivity contribution in [2.24, 2.45) is 0 Å². The average molecular weight is 257 g/mol. The molecule has 0 N–H and O–H groups in total. The van der Waals surface area contributed by atoms with Crippen LogP contribution in [0.5, 0.6) is 0 Å². The molecule has 0 atom stereocenters. The van der Waals surface area contributed by atoms with Crippen LogP contribution in [-0.4, -0.2) is 10.7 Å². The van der Waals surface area contributed by atoms with Crippen LogP contribution in [0, 0.1) is 10.1 Å². The van der Waals surface area contributed by atoms with Gasteiger partial charge in [-0.25, -0.2) is 0 Å². The Bertz CT molecular complexity index is 655. The highest BCUT2D eigenvalue weighted by molar-refractivity contribution is 5.91. The van der Waals surface area contributed by atoms with Crippen molar-refractivity contribution in [3.05, 3.63) is 58.3 Å². The molecule has 5 heteroatoms. The number of allylic oxidation sites excluding steroid dienone is 1. The maximum atomic E-state index is 10.8. The summed E-state index contributed by atoms with van der Waals surface area (Å²) in [5.41, 5.74) is 0.631. The highest BCUT2D eigenvalue weighted by Crippen LogP contribution is 2.26. The zero-order valence-electron chi connectivity index (χ0n) is 10.2. The van der Waals surface area contributed by atoms with Gasteiger partial charge in [-0.2, -0.15) is 0 Å². The third kappa shape index (κ3) is 3.16. The predicted octanol–water partition coefficient (Wildman–Crippen LogP) is 3.46. The van der Waals surface area contributed by atoms with E-state index in [1.165, 1.54) is 25.1 Å². The Morgan fingerprint density at radius 1 is 1.32 bits per heavy atom. The van der Waals surface area contributed by atoms with Gasteiger partial charge in [-0.15, -0.1) is 0 Å². The fourth-order valence-electron chi connectivity index (χ4n) is 1.57. The Morgan fingerprint density at radius 3 is 2.79 bits per heavy atom. The molecule has 0 bridgehead atoms. The van der Waals surface area contributed by atoms with Gasteiger partial charge in [0.05, 0.1) is 4.92 Å². The summed E-state index contributed by atoms with van der Waals surface area (Å²) in [6.45, 7) is 1.45. The largest absolute Gasteiger partial charge is 0.457 e. The molecule has 0 aliphatic rings. The second-order valence-electron chi connectivity index (χ2n) is 3.95. The molecule has 96 valence electrons. The highest BCUT2D eigenvalue weighted by Gasteiger charge is 2.09. The van der Waals surface area contributed by atoms with E-state index in [4.69, 9.17) is 4.42 Å². The van der Waals surface area contributed by atoms with Gasteiger partial charge >= 0.3 is 0 Å². The fourth-order valence-corrected chi connectivity index (χ4v) is 1.57. The molecule has 2 rings (SSSR count). The van der Waals surface area contributed by atoms with Crippen LogP contribution in [0.1, 0.15) is 12.7 Å². The van der Waals surface area contributed by atoms with E-state index in [9.17, 15) is 14.9 Å². The van der Waals surface area contributed by atoms with E-state index in [2.05, 4.69) is 0 Å². The molecule has 5 nitrogen and oxygen atoms in total. The van der Waals surface area contributed by atoms with Gasteiger partial charge in [0.15, 0.2) is 5.78 Å². The van der Waals surface area contributed by atoms with Gasteiger partial charge in [-0.3, -0.25) is 14.9 Å². The lowest BCUT2D eigenvalue weighted by molar-refractivity contribution is -0.384. The van der Waals surface area contributed by atoms with Crippen molar-refractivity contribution >= 4 is 17.5 Å². The van der Waals surface area contributed by atoms with Crippen LogP contribution in [0.25, 0.3) is 17.4 Å². The first-order valence-electron chi connectivity index (χ1n) is 5.59. The Kier molecular flexibility index (Phi) is 3.56. The smallest absolute Gasteiger partial charge is 0.270 e. The number of nitro benzene ring substituents is 1. The molecule has 0 saturated heterocycles. The number of benzene rings is 1. The third-order valence-corrected chi connectivity index (χ3v) is 2.45. The van der Waals surface area contributed by atoms with Gasteiger partial charge in [-0.05, 0) is 31.2 Å². The molecule has 0 fully saturated rings. The zero-order valence-corrected chi connectivity index (χ0v) is 10.2. The second kappa shape index (κ2) is 5.30. The number of non-ortho nitro benzene ring substituents is 1. The topological polar surface area (TPSA) is 73.3 Å². The molecule has 0 radical (unpaired) electrons. The molecular weight excluding hydrogens is 246 g/mol.